The molecule has 0 radical (unpaired) electrons. The van der Waals surface area contributed by atoms with Crippen LogP contribution in [0.4, 0.5) is 4.39 Å². The van der Waals surface area contributed by atoms with Crippen molar-refractivity contribution < 1.29 is 13.9 Å². The summed E-state index contributed by atoms with van der Waals surface area (Å²) in [5.41, 5.74) is 1.10. The highest BCUT2D eigenvalue weighted by Gasteiger charge is 2.42. The monoisotopic (exact) mass is 306 g/mol. The smallest absolute Gasteiger partial charge is 0.227 e. The van der Waals surface area contributed by atoms with Gasteiger partial charge in [-0.1, -0.05) is 12.1 Å². The molecule has 4 nitrogen and oxygen atoms in total. The zero-order valence-electron chi connectivity index (χ0n) is 13.0. The van der Waals surface area contributed by atoms with Gasteiger partial charge in [-0.25, -0.2) is 4.39 Å². The van der Waals surface area contributed by atoms with E-state index in [0.29, 0.717) is 19.1 Å². The van der Waals surface area contributed by atoms with E-state index in [4.69, 9.17) is 4.74 Å². The summed E-state index contributed by atoms with van der Waals surface area (Å²) in [6, 6.07) is 6.64. The maximum Gasteiger partial charge on any atom is 0.227 e. The first-order chi connectivity index (χ1) is 10.7. The summed E-state index contributed by atoms with van der Waals surface area (Å²) in [5, 5.41) is 0. The van der Waals surface area contributed by atoms with Crippen LogP contribution < -0.4 is 0 Å². The normalized spacial score (nSPS) is 25.5. The van der Waals surface area contributed by atoms with Gasteiger partial charge in [0.2, 0.25) is 5.91 Å². The minimum atomic E-state index is -0.206. The molecule has 2 saturated heterocycles. The van der Waals surface area contributed by atoms with Gasteiger partial charge in [0.05, 0.1) is 12.5 Å². The molecule has 0 aliphatic carbocycles. The van der Waals surface area contributed by atoms with Gasteiger partial charge in [0, 0.05) is 39.8 Å². The van der Waals surface area contributed by atoms with Crippen molar-refractivity contribution >= 4 is 5.91 Å². The Labute approximate surface area is 130 Å². The molecule has 1 amide bonds. The number of methoxy groups -OCH3 is 1. The summed E-state index contributed by atoms with van der Waals surface area (Å²) in [5.74, 6) is 0.649. The number of benzene rings is 1. The molecule has 2 heterocycles. The van der Waals surface area contributed by atoms with E-state index in [0.717, 1.165) is 38.2 Å². The zero-order valence-corrected chi connectivity index (χ0v) is 13.0. The Morgan fingerprint density at radius 2 is 2.05 bits per heavy atom. The van der Waals surface area contributed by atoms with Gasteiger partial charge in [-0.3, -0.25) is 9.69 Å². The maximum absolute atomic E-state index is 13.0. The molecule has 2 atom stereocenters. The highest BCUT2D eigenvalue weighted by molar-refractivity contribution is 5.80. The molecule has 2 aliphatic rings. The van der Waals surface area contributed by atoms with Crippen LogP contribution in [0.2, 0.25) is 0 Å². The average Bonchev–Trinajstić information content (AvgIpc) is 2.92. The second-order valence-electron chi connectivity index (χ2n) is 6.29. The van der Waals surface area contributed by atoms with Crippen molar-refractivity contribution in [3.63, 3.8) is 0 Å². The van der Waals surface area contributed by atoms with Crippen molar-refractivity contribution in [3.05, 3.63) is 35.6 Å². The number of carbonyl (C=O) groups is 1. The Morgan fingerprint density at radius 1 is 1.27 bits per heavy atom. The highest BCUT2D eigenvalue weighted by atomic mass is 19.1. The SMILES string of the molecule is COCCN1CC[C@H]2CN(Cc3ccc(F)cc3)C[C@@H]2C1=O. The topological polar surface area (TPSA) is 32.8 Å². The third-order valence-electron chi connectivity index (χ3n) is 4.80. The van der Waals surface area contributed by atoms with Gasteiger partial charge in [-0.2, -0.15) is 0 Å². The van der Waals surface area contributed by atoms with E-state index >= 15 is 0 Å². The molecular weight excluding hydrogens is 283 g/mol. The summed E-state index contributed by atoms with van der Waals surface area (Å²) in [6.45, 7) is 4.70. The third kappa shape index (κ3) is 3.31. The van der Waals surface area contributed by atoms with E-state index in [9.17, 15) is 9.18 Å². The van der Waals surface area contributed by atoms with E-state index in [1.54, 1.807) is 7.11 Å². The molecule has 0 N–H and O–H groups in total. The molecule has 120 valence electrons. The molecule has 3 rings (SSSR count). The van der Waals surface area contributed by atoms with Gasteiger partial charge in [0.15, 0.2) is 0 Å². The Hall–Kier alpha value is -1.46. The largest absolute Gasteiger partial charge is 0.383 e. The number of hydrogen-bond donors (Lipinski definition) is 0. The fraction of sp³-hybridized carbons (Fsp3) is 0.588. The van der Waals surface area contributed by atoms with Crippen LogP contribution in [-0.4, -0.2) is 55.6 Å². The number of carbonyl (C=O) groups excluding carboxylic acids is 1. The molecule has 0 saturated carbocycles. The molecular formula is C17H23FN2O2. The van der Waals surface area contributed by atoms with Crippen LogP contribution in [0.15, 0.2) is 24.3 Å². The van der Waals surface area contributed by atoms with Gasteiger partial charge in [-0.05, 0) is 30.0 Å². The fourth-order valence-electron chi connectivity index (χ4n) is 3.60. The number of rotatable bonds is 5. The zero-order chi connectivity index (χ0) is 15.5. The summed E-state index contributed by atoms with van der Waals surface area (Å²) < 4.78 is 18.0. The number of halogens is 1. The molecule has 2 fully saturated rings. The third-order valence-corrected chi connectivity index (χ3v) is 4.80. The Kier molecular flexibility index (Phi) is 4.74. The molecule has 0 unspecified atom stereocenters. The lowest BCUT2D eigenvalue weighted by Gasteiger charge is -2.33. The number of piperidine rings is 1. The number of ether oxygens (including phenoxy) is 1. The molecule has 22 heavy (non-hydrogen) atoms. The summed E-state index contributed by atoms with van der Waals surface area (Å²) in [4.78, 5) is 16.8. The molecule has 0 aromatic heterocycles. The molecule has 1 aromatic carbocycles. The quantitative estimate of drug-likeness (QED) is 0.831. The lowest BCUT2D eigenvalue weighted by molar-refractivity contribution is -0.140. The summed E-state index contributed by atoms with van der Waals surface area (Å²) in [7, 11) is 1.66. The van der Waals surface area contributed by atoms with Crippen molar-refractivity contribution in [2.45, 2.75) is 13.0 Å². The van der Waals surface area contributed by atoms with Crippen LogP contribution in [0.5, 0.6) is 0 Å². The van der Waals surface area contributed by atoms with Gasteiger partial charge in [0.1, 0.15) is 5.82 Å². The van der Waals surface area contributed by atoms with Gasteiger partial charge < -0.3 is 9.64 Å². The minimum Gasteiger partial charge on any atom is -0.383 e. The van der Waals surface area contributed by atoms with E-state index in [1.165, 1.54) is 12.1 Å². The van der Waals surface area contributed by atoms with Gasteiger partial charge in [0.25, 0.3) is 0 Å². The summed E-state index contributed by atoms with van der Waals surface area (Å²) in [6.07, 6.45) is 1.07. The molecule has 2 aliphatic heterocycles. The van der Waals surface area contributed by atoms with Crippen LogP contribution in [0, 0.1) is 17.7 Å². The lowest BCUT2D eigenvalue weighted by Crippen LogP contribution is -2.46. The maximum atomic E-state index is 13.0. The number of nitrogens with zero attached hydrogens (tertiary/aromatic N) is 2. The number of likely N-dealkylation sites (tertiary alicyclic amines) is 2. The van der Waals surface area contributed by atoms with Crippen molar-refractivity contribution in [1.29, 1.82) is 0 Å². The lowest BCUT2D eigenvalue weighted by atomic mass is 9.88. The first kappa shape index (κ1) is 15.4. The first-order valence-corrected chi connectivity index (χ1v) is 7.92. The van der Waals surface area contributed by atoms with E-state index in [2.05, 4.69) is 4.90 Å². The van der Waals surface area contributed by atoms with E-state index in [1.807, 2.05) is 17.0 Å². The number of hydrogen-bond acceptors (Lipinski definition) is 3. The van der Waals surface area contributed by atoms with E-state index in [-0.39, 0.29) is 17.6 Å². The van der Waals surface area contributed by atoms with Crippen molar-refractivity contribution in [2.24, 2.45) is 11.8 Å². The van der Waals surface area contributed by atoms with Crippen molar-refractivity contribution in [2.75, 3.05) is 39.9 Å². The minimum absolute atomic E-state index is 0.117. The van der Waals surface area contributed by atoms with Crippen LogP contribution in [0.1, 0.15) is 12.0 Å². The Morgan fingerprint density at radius 3 is 2.77 bits per heavy atom. The highest BCUT2D eigenvalue weighted by Crippen LogP contribution is 2.32. The van der Waals surface area contributed by atoms with Gasteiger partial charge in [-0.15, -0.1) is 0 Å². The van der Waals surface area contributed by atoms with Crippen LogP contribution in [0.25, 0.3) is 0 Å². The Balaban J connectivity index is 1.59. The van der Waals surface area contributed by atoms with Crippen LogP contribution >= 0.6 is 0 Å². The van der Waals surface area contributed by atoms with Crippen LogP contribution in [0.3, 0.4) is 0 Å². The van der Waals surface area contributed by atoms with E-state index < -0.39 is 0 Å². The second-order valence-corrected chi connectivity index (χ2v) is 6.29. The molecule has 1 aromatic rings. The molecule has 0 spiro atoms. The molecule has 0 bridgehead atoms. The Bertz CT molecular complexity index is 520. The number of amides is 1. The first-order valence-electron chi connectivity index (χ1n) is 7.92. The average molecular weight is 306 g/mol. The number of fused-ring (bicyclic) bond motifs is 1. The van der Waals surface area contributed by atoms with Gasteiger partial charge >= 0.3 is 0 Å². The predicted molar refractivity (Wildman–Crippen MR) is 81.7 cm³/mol. The standard InChI is InChI=1S/C17H23FN2O2/c1-22-9-8-20-7-6-14-11-19(12-16(14)17(20)21)10-13-2-4-15(18)5-3-13/h2-5,14,16H,6-12H2,1H3/t14-,16-/m0/s1. The predicted octanol–water partition coefficient (Wildman–Crippen LogP) is 1.75. The molecule has 5 heteroatoms. The van der Waals surface area contributed by atoms with Crippen LogP contribution in [-0.2, 0) is 16.1 Å². The van der Waals surface area contributed by atoms with Crippen molar-refractivity contribution in [3.8, 4) is 0 Å². The summed E-state index contributed by atoms with van der Waals surface area (Å²) >= 11 is 0. The van der Waals surface area contributed by atoms with Crippen molar-refractivity contribution in [1.82, 2.24) is 9.80 Å². The second kappa shape index (κ2) is 6.75. The fourth-order valence-corrected chi connectivity index (χ4v) is 3.60.